The number of phenols is 2. The predicted molar refractivity (Wildman–Crippen MR) is 398 cm³/mol. The van der Waals surface area contributed by atoms with Gasteiger partial charge >= 0.3 is 17.9 Å². The van der Waals surface area contributed by atoms with E-state index < -0.39 is 294 Å². The van der Waals surface area contributed by atoms with E-state index in [9.17, 15) is 60.2 Å². The summed E-state index contributed by atoms with van der Waals surface area (Å²) in [7, 11) is 10.2. The van der Waals surface area contributed by atoms with Crippen LogP contribution in [0.1, 0.15) is 181 Å². The highest BCUT2D eigenvalue weighted by molar-refractivity contribution is 6.31. The Morgan fingerprint density at radius 3 is 1.55 bits per heavy atom. The number of aromatic hydroxyl groups is 2. The Balaban J connectivity index is 0.679. The number of methoxy groups -OCH3 is 5. The van der Waals surface area contributed by atoms with Crippen molar-refractivity contribution in [2.75, 3.05) is 49.6 Å². The van der Waals surface area contributed by atoms with Crippen LogP contribution in [-0.2, 0) is 119 Å². The Kier molecular flexibility index (Phi) is 27.2. The van der Waals surface area contributed by atoms with Crippen molar-refractivity contribution in [3.8, 4) is 17.2 Å². The number of aliphatic hydroxyl groups excluding tert-OH is 4. The number of fused-ring (bicyclic) bond motifs is 8. The number of carboxylic acid groups (broad SMARTS) is 1. The highest BCUT2D eigenvalue weighted by Gasteiger charge is 2.64. The van der Waals surface area contributed by atoms with E-state index in [1.807, 2.05) is 0 Å². The summed E-state index contributed by atoms with van der Waals surface area (Å²) in [6.07, 6.45) is -30.4. The SMILES string of the molecule is COC(=O)C1c2cc3c(c(O)c2C(OC2CC(OC)C(OC4CC(O)C(OC5CC(OC)C(OC6CC(OC)C(OC(=O)/C=C/C(=O)O)C(C)O6)C(C)O5)C(C)O4)C(C)O2)CC1(C)O)C(=O)c1c(O)cc2c(c1C3=O)OC1OC2(C)C(OC2CC(O)C(OC3CC(C)([N+](=O)[O-])C(OC4CC(OC)C(O)C(C)O4)C(C)O3)C(C)O2)C(N(C)C)C1O. The second kappa shape index (κ2) is 35.8. The van der Waals surface area contributed by atoms with Gasteiger partial charge in [0, 0.05) is 114 Å². The largest absolute Gasteiger partial charge is 0.507 e. The van der Waals surface area contributed by atoms with E-state index >= 15 is 9.59 Å². The van der Waals surface area contributed by atoms with Gasteiger partial charge in [-0.1, -0.05) is 0 Å². The summed E-state index contributed by atoms with van der Waals surface area (Å²) in [6, 6.07) is 1.31. The maximum atomic E-state index is 15.7. The number of aliphatic hydroxyl groups is 5. The smallest absolute Gasteiger partial charge is 0.331 e. The third-order valence-electron chi connectivity index (χ3n) is 25.2. The second-order valence-corrected chi connectivity index (χ2v) is 33.6. The van der Waals surface area contributed by atoms with Crippen LogP contribution in [0.25, 0.3) is 0 Å². The lowest BCUT2D eigenvalue weighted by Gasteiger charge is -2.56. The molecular formula is C80H112N2O37. The number of nitrogens with zero attached hydrogens (tertiary/aromatic N) is 2. The quantitative estimate of drug-likeness (QED) is 0.0276. The second-order valence-electron chi connectivity index (χ2n) is 33.6. The Morgan fingerprint density at radius 2 is 1.03 bits per heavy atom. The van der Waals surface area contributed by atoms with Gasteiger partial charge < -0.3 is 150 Å². The van der Waals surface area contributed by atoms with Crippen molar-refractivity contribution < 1.29 is 174 Å². The van der Waals surface area contributed by atoms with E-state index in [2.05, 4.69) is 0 Å². The highest BCUT2D eigenvalue weighted by atomic mass is 16.8. The number of phenolic OH excluding ortho intramolecular Hbond substituents is 2. The van der Waals surface area contributed by atoms with Gasteiger partial charge in [0.2, 0.25) is 12.1 Å². The van der Waals surface area contributed by atoms with Gasteiger partial charge in [-0.25, -0.2) is 9.59 Å². The molecule has 8 fully saturated rings. The van der Waals surface area contributed by atoms with E-state index in [1.165, 1.54) is 48.4 Å². The summed E-state index contributed by atoms with van der Waals surface area (Å²) in [4.78, 5) is 82.7. The van der Waals surface area contributed by atoms with Gasteiger partial charge in [-0.05, 0) is 94.1 Å². The lowest BCUT2D eigenvalue weighted by molar-refractivity contribution is -0.599. The van der Waals surface area contributed by atoms with Gasteiger partial charge in [0.15, 0.2) is 62.0 Å². The molecular weight excluding hydrogens is 1580 g/mol. The van der Waals surface area contributed by atoms with Crippen LogP contribution in [0.2, 0.25) is 0 Å². The monoisotopic (exact) mass is 1690 g/mol. The number of benzene rings is 2. The Hall–Kier alpha value is -6.27. The molecule has 2 aromatic carbocycles. The van der Waals surface area contributed by atoms with E-state index in [1.54, 1.807) is 74.4 Å². The molecule has 9 aliphatic heterocycles. The van der Waals surface area contributed by atoms with E-state index in [4.69, 9.17) is 109 Å². The first-order chi connectivity index (χ1) is 56.2. The summed E-state index contributed by atoms with van der Waals surface area (Å²) in [6.45, 7) is 15.9. The van der Waals surface area contributed by atoms with Gasteiger partial charge in [0.25, 0.3) is 5.54 Å². The zero-order valence-corrected chi connectivity index (χ0v) is 69.3. The van der Waals surface area contributed by atoms with Crippen molar-refractivity contribution in [2.45, 2.75) is 340 Å². The van der Waals surface area contributed by atoms with Crippen LogP contribution in [0.4, 0.5) is 0 Å². The molecule has 36 unspecified atom stereocenters. The average Bonchev–Trinajstić information content (AvgIpc) is 0.690. The number of rotatable bonds is 24. The van der Waals surface area contributed by atoms with Crippen LogP contribution >= 0.6 is 0 Å². The van der Waals surface area contributed by atoms with Crippen molar-refractivity contribution in [1.82, 2.24) is 4.90 Å². The number of ether oxygens (including phenoxy) is 22. The van der Waals surface area contributed by atoms with Crippen LogP contribution in [0.3, 0.4) is 0 Å². The van der Waals surface area contributed by atoms with Crippen molar-refractivity contribution in [2.24, 2.45) is 0 Å². The van der Waals surface area contributed by atoms with Crippen LogP contribution in [0, 0.1) is 10.1 Å². The molecule has 0 amide bonds. The van der Waals surface area contributed by atoms with Crippen molar-refractivity contribution in [1.29, 1.82) is 0 Å². The van der Waals surface area contributed by atoms with Crippen molar-refractivity contribution >= 4 is 29.5 Å². The molecule has 8 N–H and O–H groups in total. The number of esters is 2. The molecule has 0 saturated carbocycles. The standard InChI is InChI=1S/C80H112N2O37/c1-30-63(89)43(98-13)24-55(103-30)116-74-36(7)109-56(29-78(74,8)82(96)97)115-69-32(3)105-51(23-42(69)85)117-75-62(81(11)12)67(93)77-118-73-39(80(75,10)119-77)21-40(83)59-60(73)64(90)38-20-37-57(65(91)58(38)66(59)92)47(28-79(9,95)61(37)76(94)102-17)110-52-25-45(100-15)71(34(5)106-52)113-50-22-41(84)68(31(2)104-50)112-53-27-46(101-16)72(35(6)108-53)114-54-26-44(99-14)70(33(4)107-54)111-49(88)19-18-48(86)87/h18-21,30-36,41-47,50-56,61-63,67-72,74-75,77,83-85,89,91,93,95H,22-29H2,1-17H3,(H,86,87)/b19-18+. The van der Waals surface area contributed by atoms with Crippen LogP contribution in [-0.4, -0.2) is 332 Å². The lowest BCUT2D eigenvalue weighted by Crippen LogP contribution is -2.70. The number of hydrogen-bond donors (Lipinski definition) is 8. The average molecular weight is 1690 g/mol. The fourth-order valence-electron chi connectivity index (χ4n) is 19.2. The van der Waals surface area contributed by atoms with E-state index in [0.29, 0.717) is 6.08 Å². The minimum atomic E-state index is -2.06. The summed E-state index contributed by atoms with van der Waals surface area (Å²) in [5, 5.41) is 106. The fourth-order valence-corrected chi connectivity index (χ4v) is 19.2. The zero-order chi connectivity index (χ0) is 86.4. The highest BCUT2D eigenvalue weighted by Crippen LogP contribution is 2.58. The van der Waals surface area contributed by atoms with Gasteiger partial charge in [0.1, 0.15) is 77.6 Å². The summed E-state index contributed by atoms with van der Waals surface area (Å²) in [5.41, 5.74) is -8.27. The minimum Gasteiger partial charge on any atom is -0.507 e. The molecule has 2 aromatic rings. The normalized spacial score (nSPS) is 43.5. The first-order valence-corrected chi connectivity index (χ1v) is 40.1. The molecule has 8 saturated heterocycles. The molecule has 2 bridgehead atoms. The van der Waals surface area contributed by atoms with Gasteiger partial charge in [-0.2, -0.15) is 0 Å². The molecule has 9 heterocycles. The molecule has 36 atom stereocenters. The number of carbonyl (C=O) groups excluding carboxylic acids is 4. The lowest BCUT2D eigenvalue weighted by atomic mass is 9.68. The number of hydrogen-bond acceptors (Lipinski definition) is 37. The Bertz CT molecular complexity index is 4050. The number of carboxylic acids is 1. The van der Waals surface area contributed by atoms with E-state index in [0.717, 1.165) is 19.3 Å². The molecule has 0 aromatic heterocycles. The Morgan fingerprint density at radius 1 is 0.555 bits per heavy atom. The van der Waals surface area contributed by atoms with Gasteiger partial charge in [-0.3, -0.25) is 24.5 Å². The maximum absolute atomic E-state index is 15.7. The Labute approximate surface area is 686 Å². The fraction of sp³-hybridized carbons (Fsp3) is 0.762. The van der Waals surface area contributed by atoms with Crippen molar-refractivity contribution in [3.63, 3.8) is 0 Å². The predicted octanol–water partition coefficient (Wildman–Crippen LogP) is 2.58. The molecule has 2 aliphatic carbocycles. The molecule has 39 nitrogen and oxygen atoms in total. The van der Waals surface area contributed by atoms with Crippen LogP contribution in [0.15, 0.2) is 24.3 Å². The van der Waals surface area contributed by atoms with Crippen LogP contribution in [0.5, 0.6) is 17.2 Å². The summed E-state index contributed by atoms with van der Waals surface area (Å²) >= 11 is 0. The molecule has 664 valence electrons. The van der Waals surface area contributed by atoms with Crippen LogP contribution < -0.4 is 4.74 Å². The third-order valence-corrected chi connectivity index (χ3v) is 25.2. The molecule has 11 aliphatic rings. The van der Waals surface area contributed by atoms with Crippen molar-refractivity contribution in [3.05, 3.63) is 73.3 Å². The number of likely N-dealkylation sites (N-methyl/N-ethyl adjacent to an activating group) is 1. The number of aliphatic carboxylic acids is 1. The molecule has 39 heteroatoms. The minimum absolute atomic E-state index is 0.0384. The number of carbonyl (C=O) groups is 5. The maximum Gasteiger partial charge on any atom is 0.331 e. The third kappa shape index (κ3) is 17.4. The first-order valence-electron chi connectivity index (χ1n) is 40.1. The molecule has 0 spiro atoms. The zero-order valence-electron chi connectivity index (χ0n) is 69.3. The molecule has 0 radical (unpaired) electrons. The summed E-state index contributed by atoms with van der Waals surface area (Å²) in [5.74, 6) is -8.80. The molecule has 13 rings (SSSR count). The van der Waals surface area contributed by atoms with E-state index in [-0.39, 0.29) is 67.4 Å². The first kappa shape index (κ1) is 90.5. The van der Waals surface area contributed by atoms with Gasteiger partial charge in [0.05, 0.1) is 121 Å². The number of ketones is 2. The topological polar surface area (TPSA) is 497 Å². The van der Waals surface area contributed by atoms with Gasteiger partial charge in [-0.15, -0.1) is 0 Å². The summed E-state index contributed by atoms with van der Waals surface area (Å²) < 4.78 is 136. The number of nitro groups is 1. The molecule has 119 heavy (non-hydrogen) atoms.